The Morgan fingerprint density at radius 1 is 1.00 bits per heavy atom. The van der Waals surface area contributed by atoms with E-state index in [9.17, 15) is 0 Å². The van der Waals surface area contributed by atoms with Crippen LogP contribution in [-0.4, -0.2) is 0 Å². The number of hydrogen-bond acceptors (Lipinski definition) is 1. The van der Waals surface area contributed by atoms with E-state index in [1.165, 1.54) is 5.56 Å². The van der Waals surface area contributed by atoms with E-state index >= 15 is 0 Å². The fourth-order valence-electron chi connectivity index (χ4n) is 1.41. The third-order valence-electron chi connectivity index (χ3n) is 2.35. The molecule has 0 aliphatic heterocycles. The summed E-state index contributed by atoms with van der Waals surface area (Å²) in [4.78, 5) is 0. The molecule has 0 saturated carbocycles. The lowest BCUT2D eigenvalue weighted by molar-refractivity contribution is 0.306. The second-order valence-electron chi connectivity index (χ2n) is 3.70. The Morgan fingerprint density at radius 3 is 2.38 bits per heavy atom. The lowest BCUT2D eigenvalue weighted by Crippen LogP contribution is -1.95. The molecule has 0 aromatic heterocycles. The van der Waals surface area contributed by atoms with Crippen molar-refractivity contribution in [2.45, 2.75) is 13.5 Å². The van der Waals surface area contributed by atoms with E-state index in [4.69, 9.17) is 16.3 Å². The minimum atomic E-state index is 0.546. The Bertz CT molecular complexity index is 462. The van der Waals surface area contributed by atoms with Crippen LogP contribution in [0, 0.1) is 6.92 Å². The summed E-state index contributed by atoms with van der Waals surface area (Å²) in [6, 6.07) is 15.8. The van der Waals surface area contributed by atoms with Crippen molar-refractivity contribution in [3.8, 4) is 5.75 Å². The fraction of sp³-hybridized carbons (Fsp3) is 0.143. The first-order valence-electron chi connectivity index (χ1n) is 5.18. The summed E-state index contributed by atoms with van der Waals surface area (Å²) in [5.74, 6) is 0.727. The Labute approximate surface area is 101 Å². The molecular weight excluding hydrogens is 220 g/mol. The molecule has 82 valence electrons. The first-order valence-corrected chi connectivity index (χ1v) is 5.56. The molecule has 0 radical (unpaired) electrons. The molecule has 0 bridgehead atoms. The van der Waals surface area contributed by atoms with Gasteiger partial charge < -0.3 is 4.74 Å². The van der Waals surface area contributed by atoms with Crippen molar-refractivity contribution in [3.05, 3.63) is 64.7 Å². The van der Waals surface area contributed by atoms with Gasteiger partial charge in [0.15, 0.2) is 0 Å². The van der Waals surface area contributed by atoms with E-state index in [0.717, 1.165) is 11.3 Å². The Balaban J connectivity index is 2.02. The van der Waals surface area contributed by atoms with Crippen LogP contribution in [0.15, 0.2) is 48.5 Å². The van der Waals surface area contributed by atoms with Crippen LogP contribution in [0.4, 0.5) is 0 Å². The molecule has 0 N–H and O–H groups in total. The van der Waals surface area contributed by atoms with Gasteiger partial charge in [-0.3, -0.25) is 0 Å². The average molecular weight is 233 g/mol. The van der Waals surface area contributed by atoms with Crippen molar-refractivity contribution in [2.24, 2.45) is 0 Å². The van der Waals surface area contributed by atoms with Crippen molar-refractivity contribution in [2.75, 3.05) is 0 Å². The third-order valence-corrected chi connectivity index (χ3v) is 2.66. The molecule has 0 aliphatic rings. The molecule has 16 heavy (non-hydrogen) atoms. The van der Waals surface area contributed by atoms with Crippen LogP contribution in [-0.2, 0) is 6.61 Å². The molecule has 2 heteroatoms. The van der Waals surface area contributed by atoms with Crippen LogP contribution in [0.25, 0.3) is 0 Å². The van der Waals surface area contributed by atoms with E-state index in [1.54, 1.807) is 0 Å². The molecule has 2 aromatic rings. The maximum absolute atomic E-state index is 5.99. The van der Waals surface area contributed by atoms with E-state index in [0.29, 0.717) is 11.6 Å². The van der Waals surface area contributed by atoms with Gasteiger partial charge >= 0.3 is 0 Å². The number of ether oxygens (including phenoxy) is 1. The zero-order chi connectivity index (χ0) is 11.4. The summed E-state index contributed by atoms with van der Waals surface area (Å²) in [6.07, 6.45) is 0. The van der Waals surface area contributed by atoms with Gasteiger partial charge in [0.1, 0.15) is 12.4 Å². The minimum Gasteiger partial charge on any atom is -0.487 e. The van der Waals surface area contributed by atoms with Gasteiger partial charge in [-0.1, -0.05) is 53.6 Å². The maximum Gasteiger partial charge on any atom is 0.138 e. The molecule has 0 spiro atoms. The summed E-state index contributed by atoms with van der Waals surface area (Å²) in [7, 11) is 0. The van der Waals surface area contributed by atoms with E-state index in [-0.39, 0.29) is 0 Å². The standard InChI is InChI=1S/C14H13ClO/c1-11-6-8-12(9-7-11)10-16-14-5-3-2-4-13(14)15/h2-9H,10H2,1H3. The van der Waals surface area contributed by atoms with Crippen LogP contribution < -0.4 is 4.74 Å². The van der Waals surface area contributed by atoms with Gasteiger partial charge in [-0.05, 0) is 24.6 Å². The zero-order valence-corrected chi connectivity index (χ0v) is 9.87. The molecule has 0 atom stereocenters. The first kappa shape index (κ1) is 11.0. The number of halogens is 1. The predicted molar refractivity (Wildman–Crippen MR) is 67.0 cm³/mol. The summed E-state index contributed by atoms with van der Waals surface area (Å²) in [5.41, 5.74) is 2.40. The number of rotatable bonds is 3. The van der Waals surface area contributed by atoms with Crippen molar-refractivity contribution in [1.82, 2.24) is 0 Å². The van der Waals surface area contributed by atoms with Gasteiger partial charge in [0, 0.05) is 0 Å². The van der Waals surface area contributed by atoms with Crippen molar-refractivity contribution >= 4 is 11.6 Å². The monoisotopic (exact) mass is 232 g/mol. The zero-order valence-electron chi connectivity index (χ0n) is 9.11. The Hall–Kier alpha value is -1.47. The molecule has 2 aromatic carbocycles. The number of benzene rings is 2. The molecular formula is C14H13ClO. The van der Waals surface area contributed by atoms with E-state index in [2.05, 4.69) is 31.2 Å². The van der Waals surface area contributed by atoms with Crippen LogP contribution >= 0.6 is 11.6 Å². The second-order valence-corrected chi connectivity index (χ2v) is 4.11. The summed E-state index contributed by atoms with van der Waals surface area (Å²) >= 11 is 5.99. The smallest absolute Gasteiger partial charge is 0.138 e. The van der Waals surface area contributed by atoms with Gasteiger partial charge in [0.25, 0.3) is 0 Å². The lowest BCUT2D eigenvalue weighted by Gasteiger charge is -2.07. The fourth-order valence-corrected chi connectivity index (χ4v) is 1.60. The quantitative estimate of drug-likeness (QED) is 0.770. The van der Waals surface area contributed by atoms with Crippen LogP contribution in [0.5, 0.6) is 5.75 Å². The predicted octanol–water partition coefficient (Wildman–Crippen LogP) is 4.23. The van der Waals surface area contributed by atoms with Crippen molar-refractivity contribution < 1.29 is 4.74 Å². The summed E-state index contributed by atoms with van der Waals surface area (Å²) < 4.78 is 5.63. The first-order chi connectivity index (χ1) is 7.75. The molecule has 1 nitrogen and oxygen atoms in total. The van der Waals surface area contributed by atoms with Crippen molar-refractivity contribution in [3.63, 3.8) is 0 Å². The number of para-hydroxylation sites is 1. The lowest BCUT2D eigenvalue weighted by atomic mass is 10.2. The highest BCUT2D eigenvalue weighted by Crippen LogP contribution is 2.24. The second kappa shape index (κ2) is 5.04. The topological polar surface area (TPSA) is 9.23 Å². The van der Waals surface area contributed by atoms with Gasteiger partial charge in [0.05, 0.1) is 5.02 Å². The highest BCUT2D eigenvalue weighted by atomic mass is 35.5. The molecule has 0 fully saturated rings. The molecule has 0 amide bonds. The molecule has 0 unspecified atom stereocenters. The number of aryl methyl sites for hydroxylation is 1. The molecule has 0 saturated heterocycles. The molecule has 0 aliphatic carbocycles. The van der Waals surface area contributed by atoms with Crippen LogP contribution in [0.3, 0.4) is 0 Å². The van der Waals surface area contributed by atoms with Gasteiger partial charge in [-0.25, -0.2) is 0 Å². The maximum atomic E-state index is 5.99. The largest absolute Gasteiger partial charge is 0.487 e. The van der Waals surface area contributed by atoms with E-state index in [1.807, 2.05) is 24.3 Å². The highest BCUT2D eigenvalue weighted by Gasteiger charge is 1.99. The summed E-state index contributed by atoms with van der Waals surface area (Å²) in [5, 5.41) is 0.648. The van der Waals surface area contributed by atoms with Crippen molar-refractivity contribution in [1.29, 1.82) is 0 Å². The van der Waals surface area contributed by atoms with Crippen LogP contribution in [0.2, 0.25) is 5.02 Å². The molecule has 0 heterocycles. The van der Waals surface area contributed by atoms with Gasteiger partial charge in [-0.15, -0.1) is 0 Å². The Morgan fingerprint density at radius 2 is 1.69 bits per heavy atom. The number of hydrogen-bond donors (Lipinski definition) is 0. The normalized spacial score (nSPS) is 10.1. The highest BCUT2D eigenvalue weighted by molar-refractivity contribution is 6.32. The SMILES string of the molecule is Cc1ccc(COc2ccccc2Cl)cc1. The average Bonchev–Trinajstić information content (AvgIpc) is 2.30. The van der Waals surface area contributed by atoms with Crippen LogP contribution in [0.1, 0.15) is 11.1 Å². The Kier molecular flexibility index (Phi) is 3.47. The molecule has 2 rings (SSSR count). The van der Waals surface area contributed by atoms with Gasteiger partial charge in [0.2, 0.25) is 0 Å². The van der Waals surface area contributed by atoms with Gasteiger partial charge in [-0.2, -0.15) is 0 Å². The minimum absolute atomic E-state index is 0.546. The van der Waals surface area contributed by atoms with E-state index < -0.39 is 0 Å². The third kappa shape index (κ3) is 2.77. The summed E-state index contributed by atoms with van der Waals surface area (Å²) in [6.45, 7) is 2.61.